The Morgan fingerprint density at radius 3 is 2.02 bits per heavy atom. The van der Waals surface area contributed by atoms with Crippen molar-refractivity contribution in [1.29, 1.82) is 0 Å². The number of hydrogen-bond donors (Lipinski definition) is 0. The Kier molecular flexibility index (Phi) is 7.41. The number of benzene rings is 8. The third-order valence-corrected chi connectivity index (χ3v) is 13.4. The van der Waals surface area contributed by atoms with E-state index in [0.717, 1.165) is 60.9 Å². The zero-order chi connectivity index (χ0) is 40.3. The highest BCUT2D eigenvalue weighted by atomic mass is 16.3. The van der Waals surface area contributed by atoms with Crippen molar-refractivity contribution in [2.45, 2.75) is 51.4 Å². The maximum absolute atomic E-state index is 6.50. The molecule has 0 saturated carbocycles. The van der Waals surface area contributed by atoms with E-state index in [4.69, 9.17) is 14.4 Å². The molecule has 0 amide bonds. The van der Waals surface area contributed by atoms with Gasteiger partial charge in [-0.3, -0.25) is 0 Å². The molecule has 1 aliphatic carbocycles. The summed E-state index contributed by atoms with van der Waals surface area (Å²) in [7, 11) is 0. The zero-order valence-corrected chi connectivity index (χ0v) is 34.3. The molecule has 288 valence electrons. The highest BCUT2D eigenvalue weighted by Crippen LogP contribution is 2.49. The maximum Gasteiger partial charge on any atom is 0.180 e. The Morgan fingerprint density at radius 2 is 1.17 bits per heavy atom. The Morgan fingerprint density at radius 1 is 0.483 bits per heavy atom. The van der Waals surface area contributed by atoms with Crippen LogP contribution in [0.1, 0.15) is 51.7 Å². The first-order valence-corrected chi connectivity index (χ1v) is 21.1. The van der Waals surface area contributed by atoms with Crippen LogP contribution in [0.4, 0.5) is 0 Å². The molecule has 8 aromatic carbocycles. The minimum absolute atomic E-state index is 0.0978. The summed E-state index contributed by atoms with van der Waals surface area (Å²) in [5.41, 5.74) is 14.2. The van der Waals surface area contributed by atoms with Gasteiger partial charge in [-0.1, -0.05) is 137 Å². The summed E-state index contributed by atoms with van der Waals surface area (Å²) in [6.07, 6.45) is 2.36. The number of hydrogen-bond acceptors (Lipinski definition) is 3. The molecule has 0 saturated heterocycles. The predicted octanol–water partition coefficient (Wildman–Crippen LogP) is 15.1. The first-order chi connectivity index (χ1) is 29.2. The number of nitrogens with zero attached hydrogens (tertiary/aromatic N) is 3. The first kappa shape index (κ1) is 35.0. The molecule has 60 heavy (non-hydrogen) atoms. The second-order valence-corrected chi connectivity index (χ2v) is 18.1. The minimum atomic E-state index is 0.0978. The van der Waals surface area contributed by atoms with E-state index in [-0.39, 0.29) is 10.8 Å². The number of rotatable bonds is 4. The van der Waals surface area contributed by atoms with Gasteiger partial charge in [-0.05, 0) is 122 Å². The molecular weight excluding hydrogens is 731 g/mol. The van der Waals surface area contributed by atoms with E-state index in [1.54, 1.807) is 0 Å². The lowest BCUT2D eigenvalue weighted by molar-refractivity contribution is 0.332. The number of fused-ring (bicyclic) bond motifs is 10. The van der Waals surface area contributed by atoms with E-state index in [1.165, 1.54) is 56.5 Å². The van der Waals surface area contributed by atoms with Gasteiger partial charge >= 0.3 is 0 Å². The fraction of sp³-hybridized carbons (Fsp3) is 0.143. The fourth-order valence-electron chi connectivity index (χ4n) is 10.0. The normalized spacial score (nSPS) is 14.8. The second kappa shape index (κ2) is 12.7. The average Bonchev–Trinajstić information content (AvgIpc) is 3.83. The van der Waals surface area contributed by atoms with Gasteiger partial charge in [-0.25, -0.2) is 9.97 Å². The van der Waals surface area contributed by atoms with Gasteiger partial charge in [0.25, 0.3) is 0 Å². The molecule has 12 rings (SSSR count). The smallest absolute Gasteiger partial charge is 0.180 e. The van der Waals surface area contributed by atoms with Crippen LogP contribution < -0.4 is 0 Å². The highest BCUT2D eigenvalue weighted by Gasteiger charge is 2.38. The van der Waals surface area contributed by atoms with Crippen LogP contribution in [0.2, 0.25) is 0 Å². The lowest BCUT2D eigenvalue weighted by atomic mass is 9.63. The number of aromatic nitrogens is 3. The Labute approximate surface area is 348 Å². The summed E-state index contributed by atoms with van der Waals surface area (Å²) >= 11 is 0. The Balaban J connectivity index is 1.03. The fourth-order valence-corrected chi connectivity index (χ4v) is 10.0. The molecule has 11 aromatic rings. The molecule has 4 heteroatoms. The van der Waals surface area contributed by atoms with Crippen molar-refractivity contribution in [3.05, 3.63) is 175 Å². The standard InChI is InChI=1S/C56H43N3O/c1-55(2)27-28-56(3,4)46-33-48-44(32-45(46)55)50-42-18-9-8-15-35(42)24-26-47(50)59(48)41-25-23-37-30-40(22-21-38(37)31-41)54-57-51(53-52(58-54)43-19-10-11-20-49(43)60-53)39-17-12-16-36(29-39)34-13-6-5-7-14-34/h5-26,29-33H,27-28H2,1-4H3. The quantitative estimate of drug-likeness (QED) is 0.179. The van der Waals surface area contributed by atoms with Crippen molar-refractivity contribution in [2.24, 2.45) is 0 Å². The maximum atomic E-state index is 6.50. The van der Waals surface area contributed by atoms with Crippen molar-refractivity contribution in [2.75, 3.05) is 0 Å². The van der Waals surface area contributed by atoms with E-state index in [1.807, 2.05) is 24.3 Å². The third-order valence-electron chi connectivity index (χ3n) is 13.4. The number of furan rings is 1. The highest BCUT2D eigenvalue weighted by molar-refractivity contribution is 6.21. The molecule has 0 N–H and O–H groups in total. The lowest BCUT2D eigenvalue weighted by Crippen LogP contribution is -2.33. The predicted molar refractivity (Wildman–Crippen MR) is 250 cm³/mol. The van der Waals surface area contributed by atoms with Gasteiger partial charge < -0.3 is 8.98 Å². The second-order valence-electron chi connectivity index (χ2n) is 18.1. The summed E-state index contributed by atoms with van der Waals surface area (Å²) in [6, 6.07) is 59.1. The summed E-state index contributed by atoms with van der Waals surface area (Å²) in [4.78, 5) is 10.5. The lowest BCUT2D eigenvalue weighted by Gasteiger charge is -2.42. The van der Waals surface area contributed by atoms with Gasteiger partial charge in [-0.15, -0.1) is 0 Å². The third kappa shape index (κ3) is 5.30. The van der Waals surface area contributed by atoms with Gasteiger partial charge in [0.1, 0.15) is 16.8 Å². The molecule has 0 radical (unpaired) electrons. The summed E-state index contributed by atoms with van der Waals surface area (Å²) in [5, 5.41) is 8.49. The van der Waals surface area contributed by atoms with E-state index in [9.17, 15) is 0 Å². The molecule has 0 aliphatic heterocycles. The van der Waals surface area contributed by atoms with Crippen molar-refractivity contribution in [1.82, 2.24) is 14.5 Å². The van der Waals surface area contributed by atoms with Gasteiger partial charge in [-0.2, -0.15) is 0 Å². The SMILES string of the molecule is CC1(C)CCC(C)(C)c2cc3c(cc21)c1c2ccccc2ccc1n3-c1ccc2cc(-c3nc(-c4cccc(-c5ccccc5)c4)c4oc5ccccc5c4n3)ccc2c1. The zero-order valence-electron chi connectivity index (χ0n) is 34.3. The van der Waals surface area contributed by atoms with Crippen molar-refractivity contribution in [3.8, 4) is 39.5 Å². The molecule has 0 fully saturated rings. The Bertz CT molecular complexity index is 3550. The topological polar surface area (TPSA) is 43.9 Å². The van der Waals surface area contributed by atoms with Gasteiger partial charge in [0.05, 0.1) is 11.0 Å². The van der Waals surface area contributed by atoms with E-state index in [2.05, 4.69) is 172 Å². The molecular formula is C56H43N3O. The summed E-state index contributed by atoms with van der Waals surface area (Å²) in [5.74, 6) is 0.671. The van der Waals surface area contributed by atoms with Crippen LogP contribution in [-0.4, -0.2) is 14.5 Å². The molecule has 0 atom stereocenters. The van der Waals surface area contributed by atoms with Crippen LogP contribution in [0.25, 0.3) is 105 Å². The minimum Gasteiger partial charge on any atom is -0.452 e. The largest absolute Gasteiger partial charge is 0.452 e. The van der Waals surface area contributed by atoms with E-state index in [0.29, 0.717) is 11.4 Å². The molecule has 3 heterocycles. The van der Waals surface area contributed by atoms with Crippen LogP contribution >= 0.6 is 0 Å². The van der Waals surface area contributed by atoms with Crippen LogP contribution in [0, 0.1) is 0 Å². The average molecular weight is 774 g/mol. The number of para-hydroxylation sites is 1. The first-order valence-electron chi connectivity index (χ1n) is 21.1. The molecule has 1 aliphatic rings. The summed E-state index contributed by atoms with van der Waals surface area (Å²) < 4.78 is 9.00. The van der Waals surface area contributed by atoms with Crippen molar-refractivity contribution >= 4 is 65.4 Å². The summed E-state index contributed by atoms with van der Waals surface area (Å²) in [6.45, 7) is 9.69. The molecule has 3 aromatic heterocycles. The molecule has 0 spiro atoms. The van der Waals surface area contributed by atoms with E-state index < -0.39 is 0 Å². The van der Waals surface area contributed by atoms with E-state index >= 15 is 0 Å². The monoisotopic (exact) mass is 773 g/mol. The van der Waals surface area contributed by atoms with Crippen molar-refractivity contribution < 1.29 is 4.42 Å². The van der Waals surface area contributed by atoms with Crippen LogP contribution in [0.15, 0.2) is 168 Å². The van der Waals surface area contributed by atoms with Gasteiger partial charge in [0.15, 0.2) is 11.4 Å². The molecule has 0 bridgehead atoms. The van der Waals surface area contributed by atoms with Gasteiger partial charge in [0, 0.05) is 33.0 Å². The van der Waals surface area contributed by atoms with Crippen LogP contribution in [0.3, 0.4) is 0 Å². The molecule has 0 unspecified atom stereocenters. The van der Waals surface area contributed by atoms with Gasteiger partial charge in [0.2, 0.25) is 0 Å². The van der Waals surface area contributed by atoms with Crippen molar-refractivity contribution in [3.63, 3.8) is 0 Å². The van der Waals surface area contributed by atoms with Crippen LogP contribution in [-0.2, 0) is 10.8 Å². The molecule has 4 nitrogen and oxygen atoms in total. The van der Waals surface area contributed by atoms with Crippen LogP contribution in [0.5, 0.6) is 0 Å². The Hall–Kier alpha value is -7.04.